The average Bonchev–Trinajstić information content (AvgIpc) is 3.00. The smallest absolute Gasteiger partial charge is 0.0951 e. The van der Waals surface area contributed by atoms with E-state index in [0.717, 1.165) is 12.8 Å². The predicted octanol–water partition coefficient (Wildman–Crippen LogP) is 4.76. The number of benzene rings is 2. The molecule has 0 amide bonds. The van der Waals surface area contributed by atoms with Crippen LogP contribution in [0.1, 0.15) is 62.7 Å². The average molecular weight is 368 g/mol. The van der Waals surface area contributed by atoms with E-state index in [4.69, 9.17) is 0 Å². The van der Waals surface area contributed by atoms with Crippen LogP contribution in [0, 0.1) is 0 Å². The zero-order chi connectivity index (χ0) is 18.1. The van der Waals surface area contributed by atoms with Gasteiger partial charge in [0.05, 0.1) is 32.6 Å². The highest BCUT2D eigenvalue weighted by atomic mass is 31.2. The molecule has 1 heterocycles. The number of nitrogens with zero attached hydrogens (tertiary/aromatic N) is 2. The lowest BCUT2D eigenvalue weighted by atomic mass is 9.88. The van der Waals surface area contributed by atoms with Gasteiger partial charge in [-0.3, -0.25) is 0 Å². The maximum Gasteiger partial charge on any atom is 0.0951 e. The van der Waals surface area contributed by atoms with Gasteiger partial charge >= 0.3 is 0 Å². The molecule has 1 aliphatic carbocycles. The quantitative estimate of drug-likeness (QED) is 0.729. The lowest BCUT2D eigenvalue weighted by Gasteiger charge is -2.33. The first-order valence-electron chi connectivity index (χ1n) is 9.89. The van der Waals surface area contributed by atoms with Crippen LogP contribution in [0.3, 0.4) is 0 Å². The van der Waals surface area contributed by atoms with Crippen LogP contribution in [0.25, 0.3) is 0 Å². The van der Waals surface area contributed by atoms with Crippen molar-refractivity contribution < 1.29 is 4.89 Å². The molecule has 2 aromatic carbocycles. The van der Waals surface area contributed by atoms with Crippen molar-refractivity contribution in [2.75, 3.05) is 0 Å². The molecule has 2 aromatic rings. The van der Waals surface area contributed by atoms with Gasteiger partial charge in [0, 0.05) is 0 Å². The molecule has 138 valence electrons. The number of fused-ring (bicyclic) bond motifs is 1. The molecule has 4 atom stereocenters. The molecule has 0 radical (unpaired) electrons. The van der Waals surface area contributed by atoms with E-state index in [1.807, 2.05) is 0 Å². The molecule has 2 aliphatic rings. The molecule has 4 rings (SSSR count). The van der Waals surface area contributed by atoms with Crippen molar-refractivity contribution >= 4 is 8.45 Å². The van der Waals surface area contributed by atoms with Crippen molar-refractivity contribution in [2.24, 2.45) is 0 Å². The Morgan fingerprint density at radius 2 is 1.15 bits per heavy atom. The van der Waals surface area contributed by atoms with Gasteiger partial charge in [-0.2, -0.15) is 9.34 Å². The topological polar surface area (TPSA) is 29.5 Å². The van der Waals surface area contributed by atoms with Crippen LogP contribution in [0.4, 0.5) is 0 Å². The lowest BCUT2D eigenvalue weighted by molar-refractivity contribution is -0.181. The van der Waals surface area contributed by atoms with Crippen LogP contribution in [-0.2, 0) is 0 Å². The molecule has 0 aromatic heterocycles. The highest BCUT2D eigenvalue weighted by Crippen LogP contribution is 2.58. The third-order valence-electron chi connectivity index (χ3n) is 6.25. The van der Waals surface area contributed by atoms with Gasteiger partial charge < -0.3 is 4.89 Å². The Bertz CT molecular complexity index is 649. The van der Waals surface area contributed by atoms with Crippen LogP contribution in [-0.4, -0.2) is 21.4 Å². The summed E-state index contributed by atoms with van der Waals surface area (Å²) in [6.07, 6.45) is 4.83. The number of rotatable bonds is 4. The van der Waals surface area contributed by atoms with E-state index >= 15 is 0 Å². The fraction of sp³-hybridized carbons (Fsp3) is 0.455. The summed E-state index contributed by atoms with van der Waals surface area (Å²) in [5.41, 5.74) is 2.54. The summed E-state index contributed by atoms with van der Waals surface area (Å²) in [6.45, 7) is 4.44. The van der Waals surface area contributed by atoms with E-state index in [1.165, 1.54) is 24.0 Å². The highest BCUT2D eigenvalue weighted by Gasteiger charge is 2.53. The minimum Gasteiger partial charge on any atom is -0.652 e. The van der Waals surface area contributed by atoms with Crippen LogP contribution >= 0.6 is 8.45 Å². The first-order valence-corrected chi connectivity index (χ1v) is 11.2. The molecule has 1 aliphatic heterocycles. The molecule has 26 heavy (non-hydrogen) atoms. The Morgan fingerprint density at radius 1 is 0.769 bits per heavy atom. The van der Waals surface area contributed by atoms with E-state index in [-0.39, 0.29) is 12.1 Å². The minimum atomic E-state index is -1.99. The Morgan fingerprint density at radius 3 is 1.54 bits per heavy atom. The summed E-state index contributed by atoms with van der Waals surface area (Å²) in [5, 5.41) is 0. The summed E-state index contributed by atoms with van der Waals surface area (Å²) in [6, 6.07) is 22.3. The minimum absolute atomic E-state index is 0.196. The van der Waals surface area contributed by atoms with Gasteiger partial charge in [-0.05, 0) is 37.8 Å². The van der Waals surface area contributed by atoms with Gasteiger partial charge in [-0.25, -0.2) is 0 Å². The summed E-state index contributed by atoms with van der Waals surface area (Å²) in [4.78, 5) is 13.7. The van der Waals surface area contributed by atoms with E-state index in [9.17, 15) is 4.89 Å². The first-order chi connectivity index (χ1) is 12.7. The summed E-state index contributed by atoms with van der Waals surface area (Å²) < 4.78 is 4.70. The third-order valence-corrected chi connectivity index (χ3v) is 8.57. The molecule has 3 nitrogen and oxygen atoms in total. The van der Waals surface area contributed by atoms with Gasteiger partial charge in [0.1, 0.15) is 0 Å². The number of hydrogen-bond donors (Lipinski definition) is 0. The SMILES string of the molecule is C[C@@H](c1ccccc1)N1[C@H]2CCCC[C@@H]2N([C@@H](C)c2ccccc2)[PH+]1[O-]. The normalized spacial score (nSPS) is 27.2. The number of hydrogen-bond acceptors (Lipinski definition) is 3. The second kappa shape index (κ2) is 7.78. The fourth-order valence-corrected chi connectivity index (χ4v) is 7.24. The molecule has 0 bridgehead atoms. The molecule has 1 saturated carbocycles. The lowest BCUT2D eigenvalue weighted by Crippen LogP contribution is -2.41. The van der Waals surface area contributed by atoms with Gasteiger partial charge in [0.15, 0.2) is 0 Å². The van der Waals surface area contributed by atoms with Crippen molar-refractivity contribution in [1.82, 2.24) is 9.34 Å². The van der Waals surface area contributed by atoms with Crippen molar-refractivity contribution in [1.29, 1.82) is 0 Å². The van der Waals surface area contributed by atoms with Crippen LogP contribution in [0.2, 0.25) is 0 Å². The molecular weight excluding hydrogens is 339 g/mol. The molecule has 4 heteroatoms. The maximum atomic E-state index is 13.7. The first kappa shape index (κ1) is 18.1. The predicted molar refractivity (Wildman–Crippen MR) is 108 cm³/mol. The van der Waals surface area contributed by atoms with Gasteiger partial charge in [0.25, 0.3) is 0 Å². The van der Waals surface area contributed by atoms with Crippen LogP contribution < -0.4 is 4.89 Å². The highest BCUT2D eigenvalue weighted by molar-refractivity contribution is 7.45. The van der Waals surface area contributed by atoms with Gasteiger partial charge in [-0.15, -0.1) is 0 Å². The Kier molecular flexibility index (Phi) is 5.42. The Balaban J connectivity index is 1.66. The van der Waals surface area contributed by atoms with Gasteiger partial charge in [-0.1, -0.05) is 73.5 Å². The van der Waals surface area contributed by atoms with E-state index in [0.29, 0.717) is 12.1 Å². The van der Waals surface area contributed by atoms with E-state index in [1.54, 1.807) is 0 Å². The standard InChI is InChI=1S/C22H29N2OP/c1-17(19-11-5-3-6-12-19)23-21-15-9-10-16-22(21)24(26(23)25)18(2)20-13-7-4-8-14-20/h3-8,11-14,17-18,21-22,26H,9-10,15-16H2,1-2H3/t17-,18-,21-,22-/m0/s1. The maximum absolute atomic E-state index is 13.7. The largest absolute Gasteiger partial charge is 0.652 e. The second-order valence-corrected chi connectivity index (χ2v) is 9.29. The molecule has 0 N–H and O–H groups in total. The van der Waals surface area contributed by atoms with Gasteiger partial charge in [0.2, 0.25) is 0 Å². The summed E-state index contributed by atoms with van der Waals surface area (Å²) in [5.74, 6) is 0. The van der Waals surface area contributed by atoms with Crippen molar-refractivity contribution in [2.45, 2.75) is 63.7 Å². The van der Waals surface area contributed by atoms with Crippen molar-refractivity contribution in [3.63, 3.8) is 0 Å². The second-order valence-electron chi connectivity index (χ2n) is 7.69. The molecule has 1 saturated heterocycles. The zero-order valence-electron chi connectivity index (χ0n) is 15.7. The van der Waals surface area contributed by atoms with Crippen LogP contribution in [0.5, 0.6) is 0 Å². The monoisotopic (exact) mass is 368 g/mol. The molecule has 0 spiro atoms. The van der Waals surface area contributed by atoms with E-state index < -0.39 is 8.45 Å². The van der Waals surface area contributed by atoms with E-state index in [2.05, 4.69) is 83.9 Å². The molecule has 0 unspecified atom stereocenters. The molecular formula is C22H29N2OP. The zero-order valence-corrected chi connectivity index (χ0v) is 16.7. The third kappa shape index (κ3) is 3.23. The van der Waals surface area contributed by atoms with Crippen LogP contribution in [0.15, 0.2) is 60.7 Å². The summed E-state index contributed by atoms with van der Waals surface area (Å²) in [7, 11) is -1.99. The van der Waals surface area contributed by atoms with Crippen molar-refractivity contribution in [3.8, 4) is 0 Å². The summed E-state index contributed by atoms with van der Waals surface area (Å²) >= 11 is 0. The fourth-order valence-electron chi connectivity index (χ4n) is 4.85. The molecule has 2 fully saturated rings. The van der Waals surface area contributed by atoms with Crippen molar-refractivity contribution in [3.05, 3.63) is 71.8 Å². The Hall–Kier alpha value is -1.25. The Labute approximate surface area is 158 Å².